The Balaban J connectivity index is 1.89. The molecular weight excluding hydrogens is 344 g/mol. The van der Waals surface area contributed by atoms with E-state index in [1.54, 1.807) is 0 Å². The Bertz CT molecular complexity index is 524. The van der Waals surface area contributed by atoms with Crippen molar-refractivity contribution < 1.29 is 9.59 Å². The molecule has 0 aliphatic heterocycles. The topological polar surface area (TPSA) is 49.4 Å². The number of hydrogen-bond donors (Lipinski definition) is 1. The van der Waals surface area contributed by atoms with E-state index < -0.39 is 0 Å². The summed E-state index contributed by atoms with van der Waals surface area (Å²) in [6, 6.07) is 7.47. The van der Waals surface area contributed by atoms with Crippen molar-refractivity contribution in [2.45, 2.75) is 33.1 Å². The molecule has 120 valence electrons. The van der Waals surface area contributed by atoms with Crippen LogP contribution in [0, 0.1) is 11.8 Å². The van der Waals surface area contributed by atoms with Gasteiger partial charge in [0.2, 0.25) is 11.8 Å². The number of anilines is 1. The zero-order valence-corrected chi connectivity index (χ0v) is 14.7. The number of rotatable bonds is 7. The largest absolute Gasteiger partial charge is 0.342 e. The van der Waals surface area contributed by atoms with Crippen molar-refractivity contribution in [2.75, 3.05) is 18.4 Å². The van der Waals surface area contributed by atoms with E-state index in [0.717, 1.165) is 36.1 Å². The lowest BCUT2D eigenvalue weighted by Crippen LogP contribution is -2.34. The second-order valence-corrected chi connectivity index (χ2v) is 6.69. The van der Waals surface area contributed by atoms with Gasteiger partial charge in [0.05, 0.1) is 11.8 Å². The van der Waals surface area contributed by atoms with Crippen LogP contribution in [0.1, 0.15) is 33.1 Å². The van der Waals surface area contributed by atoms with Gasteiger partial charge in [-0.3, -0.25) is 9.59 Å². The molecule has 1 aliphatic carbocycles. The standard InChI is InChI=1S/C17H23BrN2O2/c1-3-9-20(10-4-2)17(22)15-11-14(15)16(21)19-13-7-5-12(18)6-8-13/h5-8,14-15H,3-4,9-11H2,1-2H3,(H,19,21). The molecule has 5 heteroatoms. The van der Waals surface area contributed by atoms with E-state index in [0.29, 0.717) is 6.42 Å². The van der Waals surface area contributed by atoms with Crippen molar-refractivity contribution in [3.05, 3.63) is 28.7 Å². The first-order valence-corrected chi connectivity index (χ1v) is 8.71. The van der Waals surface area contributed by atoms with Crippen molar-refractivity contribution in [1.29, 1.82) is 0 Å². The minimum atomic E-state index is -0.174. The Morgan fingerprint density at radius 2 is 1.73 bits per heavy atom. The molecule has 1 aromatic carbocycles. The van der Waals surface area contributed by atoms with Crippen LogP contribution in [0.4, 0.5) is 5.69 Å². The smallest absolute Gasteiger partial charge is 0.228 e. The number of halogens is 1. The van der Waals surface area contributed by atoms with Crippen molar-refractivity contribution in [2.24, 2.45) is 11.8 Å². The quantitative estimate of drug-likeness (QED) is 0.800. The van der Waals surface area contributed by atoms with E-state index in [2.05, 4.69) is 35.1 Å². The minimum Gasteiger partial charge on any atom is -0.342 e. The highest BCUT2D eigenvalue weighted by Gasteiger charge is 2.49. The third kappa shape index (κ3) is 4.32. The highest BCUT2D eigenvalue weighted by molar-refractivity contribution is 9.10. The zero-order chi connectivity index (χ0) is 16.1. The van der Waals surface area contributed by atoms with Gasteiger partial charge in [-0.1, -0.05) is 29.8 Å². The molecule has 0 saturated heterocycles. The number of amides is 2. The van der Waals surface area contributed by atoms with Gasteiger partial charge < -0.3 is 10.2 Å². The van der Waals surface area contributed by atoms with Crippen LogP contribution in [0.5, 0.6) is 0 Å². The van der Waals surface area contributed by atoms with Crippen LogP contribution in [0.15, 0.2) is 28.7 Å². The van der Waals surface area contributed by atoms with E-state index in [1.165, 1.54) is 0 Å². The summed E-state index contributed by atoms with van der Waals surface area (Å²) in [4.78, 5) is 26.6. The van der Waals surface area contributed by atoms with Crippen LogP contribution < -0.4 is 5.32 Å². The number of benzene rings is 1. The summed E-state index contributed by atoms with van der Waals surface area (Å²) in [5, 5.41) is 2.89. The van der Waals surface area contributed by atoms with Crippen LogP contribution in [0.2, 0.25) is 0 Å². The minimum absolute atomic E-state index is 0.0476. The molecule has 0 spiro atoms. The van der Waals surface area contributed by atoms with E-state index >= 15 is 0 Å². The molecule has 1 fully saturated rings. The molecule has 0 radical (unpaired) electrons. The van der Waals surface area contributed by atoms with Crippen molar-refractivity contribution in [3.63, 3.8) is 0 Å². The SMILES string of the molecule is CCCN(CCC)C(=O)C1CC1C(=O)Nc1ccc(Br)cc1. The summed E-state index contributed by atoms with van der Waals surface area (Å²) in [5.74, 6) is -0.214. The van der Waals surface area contributed by atoms with Crippen LogP contribution in [-0.4, -0.2) is 29.8 Å². The molecule has 1 saturated carbocycles. The molecule has 0 aromatic heterocycles. The number of hydrogen-bond acceptors (Lipinski definition) is 2. The first kappa shape index (κ1) is 17.0. The van der Waals surface area contributed by atoms with Crippen LogP contribution in [-0.2, 0) is 9.59 Å². The van der Waals surface area contributed by atoms with Crippen LogP contribution in [0.3, 0.4) is 0 Å². The number of nitrogens with zero attached hydrogens (tertiary/aromatic N) is 1. The fraction of sp³-hybridized carbons (Fsp3) is 0.529. The third-order valence-electron chi connectivity index (χ3n) is 3.85. The maximum Gasteiger partial charge on any atom is 0.228 e. The summed E-state index contributed by atoms with van der Waals surface area (Å²) in [7, 11) is 0. The highest BCUT2D eigenvalue weighted by atomic mass is 79.9. The number of nitrogens with one attached hydrogen (secondary N) is 1. The molecule has 1 N–H and O–H groups in total. The monoisotopic (exact) mass is 366 g/mol. The average Bonchev–Trinajstić information content (AvgIpc) is 3.29. The summed E-state index contributed by atoms with van der Waals surface area (Å²) >= 11 is 3.36. The van der Waals surface area contributed by atoms with Gasteiger partial charge in [-0.2, -0.15) is 0 Å². The van der Waals surface area contributed by atoms with Gasteiger partial charge in [0.15, 0.2) is 0 Å². The van der Waals surface area contributed by atoms with E-state index in [4.69, 9.17) is 0 Å². The number of carbonyl (C=O) groups is 2. The molecule has 2 amide bonds. The van der Waals surface area contributed by atoms with Crippen molar-refractivity contribution in [1.82, 2.24) is 4.90 Å². The Morgan fingerprint density at radius 1 is 1.14 bits per heavy atom. The zero-order valence-electron chi connectivity index (χ0n) is 13.1. The lowest BCUT2D eigenvalue weighted by atomic mass is 10.2. The van der Waals surface area contributed by atoms with Crippen molar-refractivity contribution >= 4 is 33.4 Å². The van der Waals surface area contributed by atoms with Gasteiger partial charge >= 0.3 is 0 Å². The van der Waals surface area contributed by atoms with E-state index in [1.807, 2.05) is 29.2 Å². The third-order valence-corrected chi connectivity index (χ3v) is 4.38. The molecule has 4 nitrogen and oxygen atoms in total. The second kappa shape index (κ2) is 7.77. The maximum absolute atomic E-state index is 12.4. The predicted molar refractivity (Wildman–Crippen MR) is 91.5 cm³/mol. The fourth-order valence-electron chi connectivity index (χ4n) is 2.63. The molecule has 0 bridgehead atoms. The first-order valence-electron chi connectivity index (χ1n) is 7.92. The molecule has 0 heterocycles. The molecule has 2 unspecified atom stereocenters. The average molecular weight is 367 g/mol. The van der Waals surface area contributed by atoms with Gasteiger partial charge in [-0.25, -0.2) is 0 Å². The van der Waals surface area contributed by atoms with Gasteiger partial charge in [0.25, 0.3) is 0 Å². The number of carbonyl (C=O) groups excluding carboxylic acids is 2. The Labute approximate surface area is 140 Å². The van der Waals surface area contributed by atoms with Gasteiger partial charge in [-0.05, 0) is 43.5 Å². The maximum atomic E-state index is 12.4. The lowest BCUT2D eigenvalue weighted by Gasteiger charge is -2.21. The molecule has 1 aliphatic rings. The molecule has 1 aromatic rings. The molecule has 2 rings (SSSR count). The summed E-state index contributed by atoms with van der Waals surface area (Å²) < 4.78 is 0.972. The molecule has 22 heavy (non-hydrogen) atoms. The summed E-state index contributed by atoms with van der Waals surface area (Å²) in [6.45, 7) is 5.70. The summed E-state index contributed by atoms with van der Waals surface area (Å²) in [5.41, 5.74) is 0.769. The first-order chi connectivity index (χ1) is 10.6. The van der Waals surface area contributed by atoms with Gasteiger partial charge in [-0.15, -0.1) is 0 Å². The highest BCUT2D eigenvalue weighted by Crippen LogP contribution is 2.41. The Morgan fingerprint density at radius 3 is 2.27 bits per heavy atom. The predicted octanol–water partition coefficient (Wildman–Crippen LogP) is 3.67. The lowest BCUT2D eigenvalue weighted by molar-refractivity contribution is -0.134. The normalized spacial score (nSPS) is 19.6. The Kier molecular flexibility index (Phi) is 6.00. The van der Waals surface area contributed by atoms with Crippen molar-refractivity contribution in [3.8, 4) is 0 Å². The van der Waals surface area contributed by atoms with E-state index in [9.17, 15) is 9.59 Å². The van der Waals surface area contributed by atoms with Crippen LogP contribution in [0.25, 0.3) is 0 Å². The van der Waals surface area contributed by atoms with E-state index in [-0.39, 0.29) is 23.7 Å². The fourth-order valence-corrected chi connectivity index (χ4v) is 2.90. The summed E-state index contributed by atoms with van der Waals surface area (Å²) in [6.07, 6.45) is 2.58. The second-order valence-electron chi connectivity index (χ2n) is 5.77. The molecular formula is C17H23BrN2O2. The van der Waals surface area contributed by atoms with Crippen LogP contribution >= 0.6 is 15.9 Å². The Hall–Kier alpha value is -1.36. The molecule has 2 atom stereocenters. The van der Waals surface area contributed by atoms with Gasteiger partial charge in [0, 0.05) is 23.2 Å². The van der Waals surface area contributed by atoms with Gasteiger partial charge in [0.1, 0.15) is 0 Å².